The molecule has 1 aliphatic heterocycles. The van der Waals surface area contributed by atoms with Gasteiger partial charge in [-0.2, -0.15) is 0 Å². The molecule has 2 amide bonds. The topological polar surface area (TPSA) is 66.6 Å². The van der Waals surface area contributed by atoms with Gasteiger partial charge in [-0.05, 0) is 5.92 Å². The highest BCUT2D eigenvalue weighted by Gasteiger charge is 2.28. The summed E-state index contributed by atoms with van der Waals surface area (Å²) in [4.78, 5) is 27.5. The van der Waals surface area contributed by atoms with Crippen molar-refractivity contribution in [3.05, 3.63) is 0 Å². The van der Waals surface area contributed by atoms with E-state index in [1.807, 2.05) is 32.6 Å². The number of piperazine rings is 1. The Hall–Kier alpha value is -0.810. The second-order valence-corrected chi connectivity index (χ2v) is 5.58. The summed E-state index contributed by atoms with van der Waals surface area (Å²) in [5, 5.41) is 0. The Morgan fingerprint density at radius 2 is 1.26 bits per heavy atom. The molecule has 0 aromatic carbocycles. The number of halogens is 1. The lowest BCUT2D eigenvalue weighted by Crippen LogP contribution is -2.55. The molecule has 112 valence electrons. The molecule has 1 rings (SSSR count). The summed E-state index contributed by atoms with van der Waals surface area (Å²) in [6.45, 7) is 10.1. The minimum atomic E-state index is -0.433. The SMILES string of the molecule is CC(C)C(=O)N1CCN(C(=O)[C@H](N)C(C)C)CC1.Cl. The molecule has 6 heteroatoms. The number of carbonyl (C=O) groups is 2. The summed E-state index contributed by atoms with van der Waals surface area (Å²) in [7, 11) is 0. The van der Waals surface area contributed by atoms with Gasteiger partial charge >= 0.3 is 0 Å². The molecule has 19 heavy (non-hydrogen) atoms. The molecule has 1 atom stereocenters. The average molecular weight is 292 g/mol. The molecule has 0 radical (unpaired) electrons. The summed E-state index contributed by atoms with van der Waals surface area (Å²) < 4.78 is 0. The zero-order chi connectivity index (χ0) is 13.9. The molecule has 0 aliphatic carbocycles. The Labute approximate surface area is 121 Å². The minimum Gasteiger partial charge on any atom is -0.339 e. The maximum Gasteiger partial charge on any atom is 0.239 e. The van der Waals surface area contributed by atoms with E-state index < -0.39 is 6.04 Å². The van der Waals surface area contributed by atoms with Gasteiger partial charge in [-0.15, -0.1) is 12.4 Å². The van der Waals surface area contributed by atoms with Gasteiger partial charge in [-0.1, -0.05) is 27.7 Å². The molecule has 2 N–H and O–H groups in total. The van der Waals surface area contributed by atoms with Crippen molar-refractivity contribution >= 4 is 24.2 Å². The predicted molar refractivity (Wildman–Crippen MR) is 78.1 cm³/mol. The monoisotopic (exact) mass is 291 g/mol. The van der Waals surface area contributed by atoms with E-state index in [-0.39, 0.29) is 36.1 Å². The van der Waals surface area contributed by atoms with Gasteiger partial charge in [0.2, 0.25) is 11.8 Å². The third-order valence-electron chi connectivity index (χ3n) is 3.40. The summed E-state index contributed by atoms with van der Waals surface area (Å²) in [6.07, 6.45) is 0. The fraction of sp³-hybridized carbons (Fsp3) is 0.846. The predicted octanol–water partition coefficient (Wildman–Crippen LogP) is 0.718. The van der Waals surface area contributed by atoms with E-state index in [2.05, 4.69) is 0 Å². The molecule has 0 aromatic rings. The maximum absolute atomic E-state index is 12.0. The quantitative estimate of drug-likeness (QED) is 0.833. The first kappa shape index (κ1) is 18.2. The van der Waals surface area contributed by atoms with Crippen LogP contribution in [0.3, 0.4) is 0 Å². The van der Waals surface area contributed by atoms with Crippen molar-refractivity contribution < 1.29 is 9.59 Å². The van der Waals surface area contributed by atoms with Crippen LogP contribution in [0.5, 0.6) is 0 Å². The van der Waals surface area contributed by atoms with E-state index in [1.54, 1.807) is 4.90 Å². The fourth-order valence-corrected chi connectivity index (χ4v) is 2.01. The molecule has 0 aromatic heterocycles. The molecular formula is C13H26ClN3O2. The van der Waals surface area contributed by atoms with Gasteiger partial charge in [0, 0.05) is 32.1 Å². The number of rotatable bonds is 3. The van der Waals surface area contributed by atoms with Gasteiger partial charge in [0.15, 0.2) is 0 Å². The average Bonchev–Trinajstić information content (AvgIpc) is 2.36. The van der Waals surface area contributed by atoms with Crippen molar-refractivity contribution in [2.45, 2.75) is 33.7 Å². The smallest absolute Gasteiger partial charge is 0.239 e. The number of nitrogens with two attached hydrogens (primary N) is 1. The summed E-state index contributed by atoms with van der Waals surface area (Å²) in [5.41, 5.74) is 5.86. The standard InChI is InChI=1S/C13H25N3O2.ClH/c1-9(2)11(14)13(18)16-7-5-15(6-8-16)12(17)10(3)4;/h9-11H,5-8,14H2,1-4H3;1H/t11-;/m1./s1. The molecule has 5 nitrogen and oxygen atoms in total. The summed E-state index contributed by atoms with van der Waals surface area (Å²) >= 11 is 0. The Kier molecular flexibility index (Phi) is 7.37. The molecule has 0 saturated carbocycles. The van der Waals surface area contributed by atoms with E-state index in [0.717, 1.165) is 0 Å². The van der Waals surface area contributed by atoms with Gasteiger partial charge in [-0.3, -0.25) is 9.59 Å². The second kappa shape index (κ2) is 7.70. The summed E-state index contributed by atoms with van der Waals surface area (Å²) in [5.74, 6) is 0.329. The lowest BCUT2D eigenvalue weighted by atomic mass is 10.0. The zero-order valence-corrected chi connectivity index (χ0v) is 13.1. The van der Waals surface area contributed by atoms with Crippen LogP contribution >= 0.6 is 12.4 Å². The van der Waals surface area contributed by atoms with Crippen LogP contribution in [0.25, 0.3) is 0 Å². The van der Waals surface area contributed by atoms with Gasteiger partial charge < -0.3 is 15.5 Å². The molecule has 1 aliphatic rings. The summed E-state index contributed by atoms with van der Waals surface area (Å²) in [6, 6.07) is -0.433. The number of hydrogen-bond acceptors (Lipinski definition) is 3. The van der Waals surface area contributed by atoms with Gasteiger partial charge in [0.1, 0.15) is 0 Å². The van der Waals surface area contributed by atoms with E-state index in [9.17, 15) is 9.59 Å². The van der Waals surface area contributed by atoms with Gasteiger partial charge in [0.25, 0.3) is 0 Å². The maximum atomic E-state index is 12.0. The van der Waals surface area contributed by atoms with Crippen LogP contribution in [0.1, 0.15) is 27.7 Å². The molecule has 0 bridgehead atoms. The van der Waals surface area contributed by atoms with E-state index in [1.165, 1.54) is 0 Å². The Bertz CT molecular complexity index is 313. The van der Waals surface area contributed by atoms with Crippen molar-refractivity contribution in [2.75, 3.05) is 26.2 Å². The normalized spacial score (nSPS) is 17.4. The first-order valence-electron chi connectivity index (χ1n) is 6.67. The largest absolute Gasteiger partial charge is 0.339 e. The Morgan fingerprint density at radius 1 is 0.895 bits per heavy atom. The van der Waals surface area contributed by atoms with Crippen molar-refractivity contribution in [1.82, 2.24) is 9.80 Å². The fourth-order valence-electron chi connectivity index (χ4n) is 2.01. The lowest BCUT2D eigenvalue weighted by Gasteiger charge is -2.37. The van der Waals surface area contributed by atoms with Crippen molar-refractivity contribution in [3.63, 3.8) is 0 Å². The van der Waals surface area contributed by atoms with Crippen LogP contribution in [0.15, 0.2) is 0 Å². The zero-order valence-electron chi connectivity index (χ0n) is 12.3. The van der Waals surface area contributed by atoms with Crippen molar-refractivity contribution in [1.29, 1.82) is 0 Å². The lowest BCUT2D eigenvalue weighted by molar-refractivity contribution is -0.142. The number of nitrogens with zero attached hydrogens (tertiary/aromatic N) is 2. The second-order valence-electron chi connectivity index (χ2n) is 5.58. The third-order valence-corrected chi connectivity index (χ3v) is 3.40. The molecular weight excluding hydrogens is 266 g/mol. The number of amides is 2. The van der Waals surface area contributed by atoms with E-state index >= 15 is 0 Å². The minimum absolute atomic E-state index is 0. The van der Waals surface area contributed by atoms with Crippen LogP contribution in [-0.2, 0) is 9.59 Å². The highest BCUT2D eigenvalue weighted by molar-refractivity contribution is 5.85. The number of carbonyl (C=O) groups excluding carboxylic acids is 2. The Morgan fingerprint density at radius 3 is 1.58 bits per heavy atom. The highest BCUT2D eigenvalue weighted by Crippen LogP contribution is 2.10. The van der Waals surface area contributed by atoms with E-state index in [4.69, 9.17) is 5.73 Å². The molecule has 0 spiro atoms. The molecule has 1 saturated heterocycles. The van der Waals surface area contributed by atoms with Crippen molar-refractivity contribution in [3.8, 4) is 0 Å². The molecule has 1 heterocycles. The van der Waals surface area contributed by atoms with Gasteiger partial charge in [0.05, 0.1) is 6.04 Å². The van der Waals surface area contributed by atoms with Crippen LogP contribution in [0.2, 0.25) is 0 Å². The van der Waals surface area contributed by atoms with E-state index in [0.29, 0.717) is 26.2 Å². The highest BCUT2D eigenvalue weighted by atomic mass is 35.5. The third kappa shape index (κ3) is 4.66. The van der Waals surface area contributed by atoms with Crippen LogP contribution in [-0.4, -0.2) is 53.8 Å². The van der Waals surface area contributed by atoms with Crippen molar-refractivity contribution in [2.24, 2.45) is 17.6 Å². The van der Waals surface area contributed by atoms with Gasteiger partial charge in [-0.25, -0.2) is 0 Å². The molecule has 1 fully saturated rings. The first-order chi connectivity index (χ1) is 8.34. The van der Waals surface area contributed by atoms with Crippen LogP contribution < -0.4 is 5.73 Å². The Balaban J connectivity index is 0.00000324. The molecule has 0 unspecified atom stereocenters. The number of hydrogen-bond donors (Lipinski definition) is 1. The van der Waals surface area contributed by atoms with Crippen LogP contribution in [0.4, 0.5) is 0 Å². The first-order valence-corrected chi connectivity index (χ1v) is 6.67. The van der Waals surface area contributed by atoms with Crippen LogP contribution in [0, 0.1) is 11.8 Å².